The van der Waals surface area contributed by atoms with E-state index in [4.69, 9.17) is 5.73 Å². The van der Waals surface area contributed by atoms with Crippen molar-refractivity contribution in [2.24, 2.45) is 11.1 Å². The van der Waals surface area contributed by atoms with Crippen molar-refractivity contribution in [3.05, 3.63) is 41.3 Å². The van der Waals surface area contributed by atoms with Crippen LogP contribution in [0.5, 0.6) is 0 Å². The van der Waals surface area contributed by atoms with Crippen LogP contribution in [0.1, 0.15) is 29.9 Å². The Morgan fingerprint density at radius 3 is 2.70 bits per heavy atom. The lowest BCUT2D eigenvalue weighted by atomic mass is 9.79. The van der Waals surface area contributed by atoms with Gasteiger partial charge in [-0.2, -0.15) is 4.37 Å². The highest BCUT2D eigenvalue weighted by Gasteiger charge is 2.36. The topological polar surface area (TPSA) is 59.2 Å². The van der Waals surface area contributed by atoms with Gasteiger partial charge in [0.05, 0.1) is 5.69 Å². The van der Waals surface area contributed by atoms with Crippen LogP contribution in [0.4, 0.5) is 0 Å². The van der Waals surface area contributed by atoms with Crippen molar-refractivity contribution in [2.45, 2.75) is 26.3 Å². The molecular weight excluding hydrogens is 330 g/mol. The lowest BCUT2D eigenvalue weighted by Crippen LogP contribution is -2.53. The van der Waals surface area contributed by atoms with Gasteiger partial charge in [0.15, 0.2) is 0 Å². The number of carbonyl (C=O) groups excluding carboxylic acids is 1. The molecule has 4 nitrogen and oxygen atoms in total. The molecule has 0 aliphatic carbocycles. The smallest absolute Gasteiger partial charge is 0.265 e. The van der Waals surface area contributed by atoms with E-state index in [-0.39, 0.29) is 29.8 Å². The molecule has 0 bridgehead atoms. The van der Waals surface area contributed by atoms with E-state index in [2.05, 4.69) is 18.2 Å². The molecule has 124 valence electrons. The highest BCUT2D eigenvalue weighted by Crippen LogP contribution is 2.30. The standard InChI is InChI=1S/C17H21N3OS.ClH/c1-17(2)11-20(9-8-15(17)18)16(21)14-10-13(19-22-14)12-6-4-3-5-7-12;/h3-7,10,15H,8-9,11,18H2,1-2H3;1H. The van der Waals surface area contributed by atoms with Crippen LogP contribution < -0.4 is 5.73 Å². The van der Waals surface area contributed by atoms with Gasteiger partial charge in [-0.15, -0.1) is 12.4 Å². The van der Waals surface area contributed by atoms with E-state index in [9.17, 15) is 4.79 Å². The van der Waals surface area contributed by atoms with Crippen molar-refractivity contribution >= 4 is 29.8 Å². The van der Waals surface area contributed by atoms with Crippen molar-refractivity contribution in [1.29, 1.82) is 0 Å². The average Bonchev–Trinajstić information content (AvgIpc) is 3.00. The Morgan fingerprint density at radius 2 is 2.04 bits per heavy atom. The molecule has 6 heteroatoms. The number of piperidine rings is 1. The monoisotopic (exact) mass is 351 g/mol. The van der Waals surface area contributed by atoms with Gasteiger partial charge in [-0.05, 0) is 29.4 Å². The molecule has 1 aromatic carbocycles. The highest BCUT2D eigenvalue weighted by molar-refractivity contribution is 7.08. The number of nitrogens with two attached hydrogens (primary N) is 1. The van der Waals surface area contributed by atoms with Crippen LogP contribution in [0.3, 0.4) is 0 Å². The van der Waals surface area contributed by atoms with Crippen LogP contribution in [0, 0.1) is 5.41 Å². The summed E-state index contributed by atoms with van der Waals surface area (Å²) in [5, 5.41) is 0. The Balaban J connectivity index is 0.00000192. The molecule has 0 saturated carbocycles. The van der Waals surface area contributed by atoms with Gasteiger partial charge in [0, 0.05) is 24.7 Å². The van der Waals surface area contributed by atoms with Crippen molar-refractivity contribution < 1.29 is 4.79 Å². The van der Waals surface area contributed by atoms with Crippen LogP contribution in [-0.4, -0.2) is 34.3 Å². The maximum absolute atomic E-state index is 12.7. The minimum atomic E-state index is -0.0408. The van der Waals surface area contributed by atoms with Gasteiger partial charge in [0.1, 0.15) is 4.88 Å². The molecular formula is C17H22ClN3OS. The summed E-state index contributed by atoms with van der Waals surface area (Å²) >= 11 is 1.27. The first-order valence-corrected chi connectivity index (χ1v) is 8.32. The van der Waals surface area contributed by atoms with Crippen LogP contribution in [0.25, 0.3) is 11.3 Å². The Hall–Kier alpha value is -1.43. The van der Waals surface area contributed by atoms with E-state index in [1.54, 1.807) is 0 Å². The number of hydrogen-bond acceptors (Lipinski definition) is 4. The minimum absolute atomic E-state index is 0. The Bertz CT molecular complexity index is 671. The molecule has 1 aliphatic rings. The molecule has 1 unspecified atom stereocenters. The predicted molar refractivity (Wildman–Crippen MR) is 97.1 cm³/mol. The maximum atomic E-state index is 12.7. The summed E-state index contributed by atoms with van der Waals surface area (Å²) in [7, 11) is 0. The number of benzene rings is 1. The summed E-state index contributed by atoms with van der Waals surface area (Å²) in [6.45, 7) is 5.67. The molecule has 0 radical (unpaired) electrons. The largest absolute Gasteiger partial charge is 0.337 e. The van der Waals surface area contributed by atoms with Gasteiger partial charge in [0.2, 0.25) is 0 Å². The van der Waals surface area contributed by atoms with E-state index in [1.807, 2.05) is 41.3 Å². The van der Waals surface area contributed by atoms with E-state index in [0.717, 1.165) is 24.2 Å². The molecule has 2 aromatic rings. The third kappa shape index (κ3) is 3.74. The first kappa shape index (κ1) is 17.9. The zero-order valence-electron chi connectivity index (χ0n) is 13.4. The van der Waals surface area contributed by atoms with Gasteiger partial charge in [0.25, 0.3) is 5.91 Å². The minimum Gasteiger partial charge on any atom is -0.337 e. The van der Waals surface area contributed by atoms with Crippen molar-refractivity contribution in [3.63, 3.8) is 0 Å². The molecule has 1 fully saturated rings. The maximum Gasteiger partial charge on any atom is 0.265 e. The summed E-state index contributed by atoms with van der Waals surface area (Å²) in [5.74, 6) is 0.0691. The number of halogens is 1. The first-order valence-electron chi connectivity index (χ1n) is 7.54. The second-order valence-corrected chi connectivity index (χ2v) is 7.36. The normalized spacial score (nSPS) is 20.0. The number of aromatic nitrogens is 1. The highest BCUT2D eigenvalue weighted by atomic mass is 35.5. The number of carbonyl (C=O) groups is 1. The van der Waals surface area contributed by atoms with Gasteiger partial charge < -0.3 is 10.6 Å². The van der Waals surface area contributed by atoms with Crippen molar-refractivity contribution in [3.8, 4) is 11.3 Å². The zero-order valence-corrected chi connectivity index (χ0v) is 15.0. The number of hydrogen-bond donors (Lipinski definition) is 1. The molecule has 0 spiro atoms. The van der Waals surface area contributed by atoms with Gasteiger partial charge >= 0.3 is 0 Å². The van der Waals surface area contributed by atoms with Gasteiger partial charge in [-0.3, -0.25) is 4.79 Å². The third-order valence-corrected chi connectivity index (χ3v) is 5.17. The molecule has 23 heavy (non-hydrogen) atoms. The van der Waals surface area contributed by atoms with E-state index in [1.165, 1.54) is 11.5 Å². The van der Waals surface area contributed by atoms with Crippen LogP contribution in [0.15, 0.2) is 36.4 Å². The zero-order chi connectivity index (χ0) is 15.7. The number of amides is 1. The summed E-state index contributed by atoms with van der Waals surface area (Å²) in [4.78, 5) is 15.3. The lowest BCUT2D eigenvalue weighted by molar-refractivity contribution is 0.0537. The summed E-state index contributed by atoms with van der Waals surface area (Å²) < 4.78 is 4.42. The van der Waals surface area contributed by atoms with Crippen LogP contribution in [0.2, 0.25) is 0 Å². The average molecular weight is 352 g/mol. The van der Waals surface area contributed by atoms with Crippen LogP contribution >= 0.6 is 23.9 Å². The number of nitrogens with zero attached hydrogens (tertiary/aromatic N) is 2. The molecule has 1 saturated heterocycles. The van der Waals surface area contributed by atoms with E-state index in [0.29, 0.717) is 11.4 Å². The Labute approximate surface area is 147 Å². The third-order valence-electron chi connectivity index (χ3n) is 4.39. The van der Waals surface area contributed by atoms with Gasteiger partial charge in [-0.25, -0.2) is 0 Å². The molecule has 1 aromatic heterocycles. The Kier molecular flexibility index (Phi) is 5.45. The molecule has 3 rings (SSSR count). The fourth-order valence-corrected chi connectivity index (χ4v) is 3.55. The number of rotatable bonds is 2. The number of likely N-dealkylation sites (tertiary alicyclic amines) is 1. The summed E-state index contributed by atoms with van der Waals surface area (Å²) in [6.07, 6.45) is 0.850. The molecule has 2 N–H and O–H groups in total. The van der Waals surface area contributed by atoms with Gasteiger partial charge in [-0.1, -0.05) is 44.2 Å². The molecule has 1 aliphatic heterocycles. The fourth-order valence-electron chi connectivity index (χ4n) is 2.82. The lowest BCUT2D eigenvalue weighted by Gasteiger charge is -2.42. The second-order valence-electron chi connectivity index (χ2n) is 6.55. The van der Waals surface area contributed by atoms with Crippen molar-refractivity contribution in [1.82, 2.24) is 9.27 Å². The molecule has 1 amide bonds. The second kappa shape index (κ2) is 6.99. The van der Waals surface area contributed by atoms with E-state index < -0.39 is 0 Å². The molecule has 1 atom stereocenters. The Morgan fingerprint density at radius 1 is 1.35 bits per heavy atom. The fraction of sp³-hybridized carbons (Fsp3) is 0.412. The summed E-state index contributed by atoms with van der Waals surface area (Å²) in [5.41, 5.74) is 8.01. The SMILES string of the molecule is CC1(C)CN(C(=O)c2cc(-c3ccccc3)ns2)CCC1N.Cl. The van der Waals surface area contributed by atoms with Crippen molar-refractivity contribution in [2.75, 3.05) is 13.1 Å². The first-order chi connectivity index (χ1) is 10.5. The van der Waals surface area contributed by atoms with Crippen LogP contribution in [-0.2, 0) is 0 Å². The predicted octanol–water partition coefficient (Wildman–Crippen LogP) is 3.43. The van der Waals surface area contributed by atoms with E-state index >= 15 is 0 Å². The quantitative estimate of drug-likeness (QED) is 0.901. The summed E-state index contributed by atoms with van der Waals surface area (Å²) in [6, 6.07) is 12.0. The molecule has 2 heterocycles.